The number of aliphatic hydroxyl groups is 1. The van der Waals surface area contributed by atoms with Crippen LogP contribution in [-0.4, -0.2) is 11.2 Å². The summed E-state index contributed by atoms with van der Waals surface area (Å²) in [5, 5.41) is 9.68. The van der Waals surface area contributed by atoms with Crippen LogP contribution in [0.5, 0.6) is 0 Å². The molecule has 2 aliphatic rings. The molecular weight excluding hydrogens is 148 g/mol. The van der Waals surface area contributed by atoms with Crippen molar-refractivity contribution in [2.45, 2.75) is 44.6 Å². The molecule has 1 heteroatoms. The van der Waals surface area contributed by atoms with E-state index in [1.165, 1.54) is 32.1 Å². The average Bonchev–Trinajstić information content (AvgIpc) is 2.53. The second kappa shape index (κ2) is 3.61. The molecule has 0 aromatic heterocycles. The standard InChI is InChI=1S/C11H18O/c12-11-8-4-7-10(11)9-5-2-1-3-6-9/h4,7,9-12H,1-3,5-6,8H2/t10-,11+/m0/s1. The lowest BCUT2D eigenvalue weighted by atomic mass is 9.79. The molecule has 0 aromatic rings. The van der Waals surface area contributed by atoms with Crippen molar-refractivity contribution in [1.82, 2.24) is 0 Å². The van der Waals surface area contributed by atoms with Gasteiger partial charge in [0.1, 0.15) is 0 Å². The first-order valence-electron chi connectivity index (χ1n) is 5.22. The summed E-state index contributed by atoms with van der Waals surface area (Å²) in [7, 11) is 0. The Kier molecular flexibility index (Phi) is 2.50. The second-order valence-electron chi connectivity index (χ2n) is 4.21. The first-order chi connectivity index (χ1) is 5.88. The highest BCUT2D eigenvalue weighted by Gasteiger charge is 2.29. The Morgan fingerprint density at radius 2 is 1.83 bits per heavy atom. The van der Waals surface area contributed by atoms with Crippen molar-refractivity contribution in [3.63, 3.8) is 0 Å². The van der Waals surface area contributed by atoms with E-state index in [-0.39, 0.29) is 6.10 Å². The van der Waals surface area contributed by atoms with Crippen molar-refractivity contribution < 1.29 is 5.11 Å². The lowest BCUT2D eigenvalue weighted by Crippen LogP contribution is -2.24. The van der Waals surface area contributed by atoms with E-state index < -0.39 is 0 Å². The summed E-state index contributed by atoms with van der Waals surface area (Å²) in [6.45, 7) is 0. The number of rotatable bonds is 1. The summed E-state index contributed by atoms with van der Waals surface area (Å²) in [6.07, 6.45) is 12.0. The Morgan fingerprint density at radius 3 is 2.42 bits per heavy atom. The van der Waals surface area contributed by atoms with Gasteiger partial charge in [0.2, 0.25) is 0 Å². The number of hydrogen-bond donors (Lipinski definition) is 1. The molecule has 1 saturated carbocycles. The predicted molar refractivity (Wildman–Crippen MR) is 49.8 cm³/mol. The topological polar surface area (TPSA) is 20.2 Å². The molecule has 2 aliphatic carbocycles. The van der Waals surface area contributed by atoms with Crippen LogP contribution in [0.3, 0.4) is 0 Å². The van der Waals surface area contributed by atoms with Crippen LogP contribution in [0.4, 0.5) is 0 Å². The first-order valence-corrected chi connectivity index (χ1v) is 5.22. The summed E-state index contributed by atoms with van der Waals surface area (Å²) >= 11 is 0. The summed E-state index contributed by atoms with van der Waals surface area (Å²) in [5.41, 5.74) is 0. The van der Waals surface area contributed by atoms with E-state index in [0.29, 0.717) is 5.92 Å². The van der Waals surface area contributed by atoms with Gasteiger partial charge in [-0.2, -0.15) is 0 Å². The zero-order valence-corrected chi connectivity index (χ0v) is 7.58. The molecule has 1 nitrogen and oxygen atoms in total. The molecule has 0 radical (unpaired) electrons. The third-order valence-electron chi connectivity index (χ3n) is 3.37. The molecule has 0 aromatic carbocycles. The van der Waals surface area contributed by atoms with Crippen LogP contribution in [-0.2, 0) is 0 Å². The van der Waals surface area contributed by atoms with Crippen LogP contribution in [0.25, 0.3) is 0 Å². The zero-order chi connectivity index (χ0) is 8.39. The molecule has 12 heavy (non-hydrogen) atoms. The van der Waals surface area contributed by atoms with Crippen molar-refractivity contribution in [3.8, 4) is 0 Å². The zero-order valence-electron chi connectivity index (χ0n) is 7.58. The fourth-order valence-corrected chi connectivity index (χ4v) is 2.65. The highest BCUT2D eigenvalue weighted by atomic mass is 16.3. The highest BCUT2D eigenvalue weighted by Crippen LogP contribution is 2.35. The quantitative estimate of drug-likeness (QED) is 0.593. The van der Waals surface area contributed by atoms with E-state index in [9.17, 15) is 5.11 Å². The maximum absolute atomic E-state index is 9.68. The summed E-state index contributed by atoms with van der Waals surface area (Å²) in [4.78, 5) is 0. The number of hydrogen-bond acceptors (Lipinski definition) is 1. The van der Waals surface area contributed by atoms with Crippen LogP contribution in [0.15, 0.2) is 12.2 Å². The van der Waals surface area contributed by atoms with Gasteiger partial charge >= 0.3 is 0 Å². The molecule has 1 fully saturated rings. The molecule has 0 unspecified atom stereocenters. The minimum absolute atomic E-state index is 0.0619. The van der Waals surface area contributed by atoms with Crippen molar-refractivity contribution in [3.05, 3.63) is 12.2 Å². The van der Waals surface area contributed by atoms with Crippen LogP contribution in [0.2, 0.25) is 0 Å². The fourth-order valence-electron chi connectivity index (χ4n) is 2.65. The average molecular weight is 166 g/mol. The molecule has 0 bridgehead atoms. The monoisotopic (exact) mass is 166 g/mol. The van der Waals surface area contributed by atoms with E-state index in [2.05, 4.69) is 12.2 Å². The molecule has 2 atom stereocenters. The van der Waals surface area contributed by atoms with Gasteiger partial charge in [0.25, 0.3) is 0 Å². The van der Waals surface area contributed by atoms with E-state index >= 15 is 0 Å². The summed E-state index contributed by atoms with van der Waals surface area (Å²) < 4.78 is 0. The van der Waals surface area contributed by atoms with Gasteiger partial charge in [-0.1, -0.05) is 31.4 Å². The van der Waals surface area contributed by atoms with E-state index in [1.807, 2.05) is 0 Å². The Balaban J connectivity index is 1.93. The molecule has 1 N–H and O–H groups in total. The Bertz CT molecular complexity index is 168. The molecule has 0 heterocycles. The third kappa shape index (κ3) is 1.56. The maximum atomic E-state index is 9.68. The van der Waals surface area contributed by atoms with Crippen LogP contribution >= 0.6 is 0 Å². The summed E-state index contributed by atoms with van der Waals surface area (Å²) in [5.74, 6) is 1.28. The number of aliphatic hydroxyl groups excluding tert-OH is 1. The van der Waals surface area contributed by atoms with Crippen molar-refractivity contribution in [2.75, 3.05) is 0 Å². The van der Waals surface area contributed by atoms with Gasteiger partial charge in [-0.15, -0.1) is 0 Å². The molecule has 0 saturated heterocycles. The molecule has 68 valence electrons. The van der Waals surface area contributed by atoms with Gasteiger partial charge in [0, 0.05) is 5.92 Å². The molecule has 0 aliphatic heterocycles. The van der Waals surface area contributed by atoms with Gasteiger partial charge in [0.15, 0.2) is 0 Å². The van der Waals surface area contributed by atoms with Gasteiger partial charge in [-0.3, -0.25) is 0 Å². The van der Waals surface area contributed by atoms with Gasteiger partial charge in [-0.25, -0.2) is 0 Å². The van der Waals surface area contributed by atoms with E-state index in [0.717, 1.165) is 12.3 Å². The van der Waals surface area contributed by atoms with E-state index in [1.54, 1.807) is 0 Å². The molecule has 2 rings (SSSR count). The molecule has 0 amide bonds. The van der Waals surface area contributed by atoms with Crippen molar-refractivity contribution >= 4 is 0 Å². The van der Waals surface area contributed by atoms with Crippen LogP contribution in [0.1, 0.15) is 38.5 Å². The lowest BCUT2D eigenvalue weighted by Gasteiger charge is -2.28. The minimum atomic E-state index is -0.0619. The van der Waals surface area contributed by atoms with E-state index in [4.69, 9.17) is 0 Å². The van der Waals surface area contributed by atoms with Crippen LogP contribution in [0, 0.1) is 11.8 Å². The largest absolute Gasteiger partial charge is 0.392 e. The van der Waals surface area contributed by atoms with Crippen LogP contribution < -0.4 is 0 Å². The normalized spacial score (nSPS) is 37.4. The van der Waals surface area contributed by atoms with Crippen molar-refractivity contribution in [1.29, 1.82) is 0 Å². The fraction of sp³-hybridized carbons (Fsp3) is 0.818. The second-order valence-corrected chi connectivity index (χ2v) is 4.21. The Labute approximate surface area is 74.5 Å². The van der Waals surface area contributed by atoms with Gasteiger partial charge < -0.3 is 5.11 Å². The third-order valence-corrected chi connectivity index (χ3v) is 3.37. The van der Waals surface area contributed by atoms with Crippen molar-refractivity contribution in [2.24, 2.45) is 11.8 Å². The summed E-state index contributed by atoms with van der Waals surface area (Å²) in [6, 6.07) is 0. The minimum Gasteiger partial charge on any atom is -0.392 e. The predicted octanol–water partition coefficient (Wildman–Crippen LogP) is 2.50. The molecule has 0 spiro atoms. The highest BCUT2D eigenvalue weighted by molar-refractivity contribution is 5.04. The smallest absolute Gasteiger partial charge is 0.0639 e. The Hall–Kier alpha value is -0.300. The maximum Gasteiger partial charge on any atom is 0.0639 e. The molecular formula is C11H18O. The lowest BCUT2D eigenvalue weighted by molar-refractivity contribution is 0.0976. The first kappa shape index (κ1) is 8.31. The Morgan fingerprint density at radius 1 is 1.08 bits per heavy atom. The van der Waals surface area contributed by atoms with Gasteiger partial charge in [-0.05, 0) is 25.2 Å². The van der Waals surface area contributed by atoms with Gasteiger partial charge in [0.05, 0.1) is 6.10 Å². The SMILES string of the molecule is O[C@@H]1CC=C[C@H]1C1CCCCC1.